The Bertz CT molecular complexity index is 1550. The molecule has 0 fully saturated rings. The Hall–Kier alpha value is -5.64. The minimum Gasteiger partial charge on any atom is -0.445 e. The number of carbonyl (C=O) groups is 4. The lowest BCUT2D eigenvalue weighted by Gasteiger charge is -2.19. The van der Waals surface area contributed by atoms with Gasteiger partial charge in [-0.2, -0.15) is 0 Å². The Labute approximate surface area is 325 Å². The van der Waals surface area contributed by atoms with Gasteiger partial charge in [-0.1, -0.05) is 166 Å². The average molecular weight is 749 g/mol. The monoisotopic (exact) mass is 748 g/mol. The maximum Gasteiger partial charge on any atom is 0.408 e. The largest absolute Gasteiger partial charge is 0.445 e. The summed E-state index contributed by atoms with van der Waals surface area (Å²) in [7, 11) is 0. The Morgan fingerprint density at radius 1 is 0.400 bits per heavy atom. The first kappa shape index (κ1) is 42.1. The van der Waals surface area contributed by atoms with E-state index in [-0.39, 0.29) is 25.0 Å². The van der Waals surface area contributed by atoms with Crippen molar-refractivity contribution < 1.29 is 28.7 Å². The fraction of sp³-hybridized carbons (Fsp3) is 0.378. The number of amides is 4. The molecule has 0 saturated heterocycles. The molecular formula is C45H56N4O6. The van der Waals surface area contributed by atoms with Crippen LogP contribution >= 0.6 is 0 Å². The maximum absolute atomic E-state index is 13.1. The van der Waals surface area contributed by atoms with Gasteiger partial charge in [-0.25, -0.2) is 9.59 Å². The van der Waals surface area contributed by atoms with Crippen molar-refractivity contribution in [2.45, 2.75) is 95.9 Å². The molecule has 0 aliphatic carbocycles. The predicted molar refractivity (Wildman–Crippen MR) is 215 cm³/mol. The number of benzene rings is 4. The summed E-state index contributed by atoms with van der Waals surface area (Å²) in [6.07, 6.45) is 8.84. The number of nitrogens with one attached hydrogen (secondary N) is 4. The molecule has 55 heavy (non-hydrogen) atoms. The van der Waals surface area contributed by atoms with Gasteiger partial charge in [0.05, 0.1) is 0 Å². The molecule has 0 unspecified atom stereocenters. The highest BCUT2D eigenvalue weighted by molar-refractivity contribution is 5.86. The third-order valence-electron chi connectivity index (χ3n) is 9.16. The Kier molecular flexibility index (Phi) is 19.4. The molecule has 4 rings (SSSR count). The SMILES string of the molecule is O=C(N[C@@H](Cc1ccccc1)C(=O)NCCCCCCCCCCCNC(=O)[C@H](Cc1ccccc1)NC(=O)OCc1ccccc1)OCc1ccccc1. The van der Waals surface area contributed by atoms with Crippen molar-refractivity contribution in [1.82, 2.24) is 21.3 Å². The molecule has 0 radical (unpaired) electrons. The van der Waals surface area contributed by atoms with E-state index in [2.05, 4.69) is 21.3 Å². The molecule has 0 aliphatic heterocycles. The van der Waals surface area contributed by atoms with E-state index < -0.39 is 24.3 Å². The zero-order chi connectivity index (χ0) is 38.8. The van der Waals surface area contributed by atoms with E-state index in [1.165, 1.54) is 0 Å². The van der Waals surface area contributed by atoms with Crippen LogP contribution < -0.4 is 21.3 Å². The van der Waals surface area contributed by atoms with E-state index in [4.69, 9.17) is 9.47 Å². The number of rotatable bonds is 24. The highest BCUT2D eigenvalue weighted by Gasteiger charge is 2.23. The van der Waals surface area contributed by atoms with Gasteiger partial charge >= 0.3 is 12.2 Å². The minimum absolute atomic E-state index is 0.134. The summed E-state index contributed by atoms with van der Waals surface area (Å²) in [6.45, 7) is 1.37. The van der Waals surface area contributed by atoms with Gasteiger partial charge < -0.3 is 30.7 Å². The highest BCUT2D eigenvalue weighted by atomic mass is 16.6. The average Bonchev–Trinajstić information content (AvgIpc) is 3.22. The van der Waals surface area contributed by atoms with E-state index in [0.29, 0.717) is 25.9 Å². The number of ether oxygens (including phenoxy) is 2. The molecule has 0 saturated carbocycles. The van der Waals surface area contributed by atoms with Gasteiger partial charge in [-0.3, -0.25) is 9.59 Å². The molecule has 0 bridgehead atoms. The van der Waals surface area contributed by atoms with Crippen LogP contribution in [0.5, 0.6) is 0 Å². The van der Waals surface area contributed by atoms with Gasteiger partial charge in [0, 0.05) is 25.9 Å². The molecule has 10 heteroatoms. The number of unbranched alkanes of at least 4 members (excludes halogenated alkanes) is 8. The van der Waals surface area contributed by atoms with E-state index in [9.17, 15) is 19.2 Å². The first-order chi connectivity index (χ1) is 27.0. The number of alkyl carbamates (subject to hydrolysis) is 2. The maximum atomic E-state index is 13.1. The molecule has 292 valence electrons. The highest BCUT2D eigenvalue weighted by Crippen LogP contribution is 2.11. The fourth-order valence-electron chi connectivity index (χ4n) is 6.09. The van der Waals surface area contributed by atoms with Crippen LogP contribution in [0.3, 0.4) is 0 Å². The van der Waals surface area contributed by atoms with E-state index in [0.717, 1.165) is 80.0 Å². The minimum atomic E-state index is -0.736. The van der Waals surface area contributed by atoms with Crippen molar-refractivity contribution in [3.8, 4) is 0 Å². The van der Waals surface area contributed by atoms with Crippen LogP contribution in [0.2, 0.25) is 0 Å². The van der Waals surface area contributed by atoms with E-state index in [1.807, 2.05) is 121 Å². The summed E-state index contributed by atoms with van der Waals surface area (Å²) < 4.78 is 10.7. The zero-order valence-corrected chi connectivity index (χ0v) is 31.8. The summed E-state index contributed by atoms with van der Waals surface area (Å²) in [5.41, 5.74) is 3.66. The second-order valence-electron chi connectivity index (χ2n) is 13.7. The lowest BCUT2D eigenvalue weighted by Crippen LogP contribution is -2.48. The van der Waals surface area contributed by atoms with Gasteiger partial charge in [-0.15, -0.1) is 0 Å². The summed E-state index contributed by atoms with van der Waals surface area (Å²) in [4.78, 5) is 51.2. The molecule has 0 aromatic heterocycles. The number of hydrogen-bond donors (Lipinski definition) is 4. The Morgan fingerprint density at radius 3 is 1.02 bits per heavy atom. The van der Waals surface area contributed by atoms with Crippen LogP contribution in [0, 0.1) is 0 Å². The van der Waals surface area contributed by atoms with Gasteiger partial charge in [0.15, 0.2) is 0 Å². The Morgan fingerprint density at radius 2 is 0.691 bits per heavy atom. The molecule has 4 N–H and O–H groups in total. The molecule has 2 atom stereocenters. The second kappa shape index (κ2) is 25.4. The molecular weight excluding hydrogens is 693 g/mol. The quantitative estimate of drug-likeness (QED) is 0.0541. The lowest BCUT2D eigenvalue weighted by atomic mass is 10.0. The standard InChI is InChI=1S/C45H56N4O6/c50-42(40(32-36-22-12-8-13-23-36)48-44(52)54-34-38-26-16-10-17-27-38)46-30-20-6-4-2-1-3-5-7-21-31-47-43(51)41(33-37-24-14-9-15-25-37)49-45(53)55-35-39-28-18-11-19-29-39/h8-19,22-29,40-41H,1-7,20-21,30-35H2,(H,46,50)(H,47,51)(H,48,52)(H,49,53)/t40-,41-/m0/s1. The smallest absolute Gasteiger partial charge is 0.408 e. The third-order valence-corrected chi connectivity index (χ3v) is 9.16. The molecule has 0 aliphatic rings. The molecule has 10 nitrogen and oxygen atoms in total. The van der Waals surface area contributed by atoms with Crippen molar-refractivity contribution in [3.63, 3.8) is 0 Å². The van der Waals surface area contributed by atoms with Crippen LogP contribution in [0.25, 0.3) is 0 Å². The van der Waals surface area contributed by atoms with Crippen LogP contribution in [0.4, 0.5) is 9.59 Å². The zero-order valence-electron chi connectivity index (χ0n) is 31.8. The molecule has 0 spiro atoms. The molecule has 0 heterocycles. The lowest BCUT2D eigenvalue weighted by molar-refractivity contribution is -0.123. The van der Waals surface area contributed by atoms with Crippen LogP contribution in [-0.2, 0) is 45.1 Å². The van der Waals surface area contributed by atoms with Gasteiger partial charge in [0.1, 0.15) is 25.3 Å². The second-order valence-corrected chi connectivity index (χ2v) is 13.7. The van der Waals surface area contributed by atoms with Crippen molar-refractivity contribution in [2.75, 3.05) is 13.1 Å². The summed E-state index contributed by atoms with van der Waals surface area (Å²) in [5, 5.41) is 11.5. The fourth-order valence-corrected chi connectivity index (χ4v) is 6.09. The summed E-state index contributed by atoms with van der Waals surface area (Å²) in [6, 6.07) is 36.6. The number of carbonyl (C=O) groups excluding carboxylic acids is 4. The van der Waals surface area contributed by atoms with Crippen molar-refractivity contribution in [3.05, 3.63) is 144 Å². The first-order valence-corrected chi connectivity index (χ1v) is 19.5. The topological polar surface area (TPSA) is 135 Å². The molecule has 4 amide bonds. The third kappa shape index (κ3) is 17.8. The van der Waals surface area contributed by atoms with Crippen molar-refractivity contribution in [1.29, 1.82) is 0 Å². The summed E-state index contributed by atoms with van der Waals surface area (Å²) >= 11 is 0. The van der Waals surface area contributed by atoms with E-state index in [1.54, 1.807) is 0 Å². The van der Waals surface area contributed by atoms with Gasteiger partial charge in [0.2, 0.25) is 11.8 Å². The van der Waals surface area contributed by atoms with E-state index >= 15 is 0 Å². The van der Waals surface area contributed by atoms with Crippen LogP contribution in [0.15, 0.2) is 121 Å². The van der Waals surface area contributed by atoms with Gasteiger partial charge in [-0.05, 0) is 35.1 Å². The molecule has 4 aromatic carbocycles. The first-order valence-electron chi connectivity index (χ1n) is 19.5. The van der Waals surface area contributed by atoms with Crippen molar-refractivity contribution >= 4 is 24.0 Å². The van der Waals surface area contributed by atoms with Gasteiger partial charge in [0.25, 0.3) is 0 Å². The van der Waals surface area contributed by atoms with Crippen LogP contribution in [-0.4, -0.2) is 49.2 Å². The molecule has 4 aromatic rings. The number of hydrogen-bond acceptors (Lipinski definition) is 6. The van der Waals surface area contributed by atoms with Crippen molar-refractivity contribution in [2.24, 2.45) is 0 Å². The van der Waals surface area contributed by atoms with Crippen LogP contribution in [0.1, 0.15) is 80.0 Å². The Balaban J connectivity index is 1.04. The predicted octanol–water partition coefficient (Wildman–Crippen LogP) is 7.81. The normalized spacial score (nSPS) is 11.8. The summed E-state index contributed by atoms with van der Waals surface area (Å²) in [5.74, 6) is -0.443.